The fraction of sp³-hybridized carbons (Fsp3) is 0.538. The van der Waals surface area contributed by atoms with E-state index in [1.807, 2.05) is 24.3 Å². The molecular weight excluding hydrogens is 250 g/mol. The van der Waals surface area contributed by atoms with Crippen LogP contribution in [0.2, 0.25) is 0 Å². The number of anilines is 1. The third-order valence-corrected chi connectivity index (χ3v) is 4.89. The first kappa shape index (κ1) is 13.4. The summed E-state index contributed by atoms with van der Waals surface area (Å²) in [5.74, 6) is 0.377. The Morgan fingerprint density at radius 3 is 2.83 bits per heavy atom. The summed E-state index contributed by atoms with van der Waals surface area (Å²) in [6.07, 6.45) is 0.937. The Balaban J connectivity index is 2.34. The maximum Gasteiger partial charge on any atom is 0.237 e. The van der Waals surface area contributed by atoms with Crippen LogP contribution >= 0.6 is 0 Å². The van der Waals surface area contributed by atoms with E-state index in [0.717, 1.165) is 17.7 Å². The number of para-hydroxylation sites is 1. The third-order valence-electron chi connectivity index (χ3n) is 3.19. The molecule has 0 aliphatic carbocycles. The normalized spacial score (nSPS) is 19.7. The maximum absolute atomic E-state index is 12.3. The van der Waals surface area contributed by atoms with E-state index in [9.17, 15) is 8.42 Å². The Morgan fingerprint density at radius 2 is 2.11 bits per heavy atom. The van der Waals surface area contributed by atoms with E-state index in [0.29, 0.717) is 12.5 Å². The molecule has 0 saturated carbocycles. The average Bonchev–Trinajstić information content (AvgIpc) is 2.35. The summed E-state index contributed by atoms with van der Waals surface area (Å²) in [4.78, 5) is 0. The summed E-state index contributed by atoms with van der Waals surface area (Å²) in [6, 6.07) is 7.72. The molecule has 1 atom stereocenters. The van der Waals surface area contributed by atoms with Crippen molar-refractivity contribution in [2.45, 2.75) is 13.3 Å². The summed E-state index contributed by atoms with van der Waals surface area (Å²) in [5, 5.41) is 0. The van der Waals surface area contributed by atoms with Crippen LogP contribution in [-0.2, 0) is 21.2 Å². The molecule has 1 heterocycles. The number of fused-ring (bicyclic) bond motifs is 1. The molecule has 0 spiro atoms. The minimum absolute atomic E-state index is 0.0323. The summed E-state index contributed by atoms with van der Waals surface area (Å²) in [5.41, 5.74) is 1.93. The van der Waals surface area contributed by atoms with Crippen LogP contribution in [0.5, 0.6) is 0 Å². The predicted molar refractivity (Wildman–Crippen MR) is 72.3 cm³/mol. The van der Waals surface area contributed by atoms with Gasteiger partial charge in [0.05, 0.1) is 18.0 Å². The molecule has 1 aliphatic rings. The van der Waals surface area contributed by atoms with Gasteiger partial charge in [0.25, 0.3) is 0 Å². The Bertz CT molecular complexity index is 513. The van der Waals surface area contributed by atoms with E-state index in [4.69, 9.17) is 4.74 Å². The fourth-order valence-electron chi connectivity index (χ4n) is 2.31. The number of hydrogen-bond acceptors (Lipinski definition) is 3. The molecular formula is C13H19NO3S. The van der Waals surface area contributed by atoms with Crippen molar-refractivity contribution in [3.8, 4) is 0 Å². The van der Waals surface area contributed by atoms with Crippen molar-refractivity contribution >= 4 is 15.7 Å². The standard InChI is InChI=1S/C13H19NO3S/c1-11-9-12-5-3-4-6-13(12)14(10-11)18(15,16)8-7-17-2/h3-6,11H,7-10H2,1-2H3. The van der Waals surface area contributed by atoms with Gasteiger partial charge in [-0.05, 0) is 24.0 Å². The van der Waals surface area contributed by atoms with Crippen molar-refractivity contribution in [1.82, 2.24) is 0 Å². The molecule has 0 saturated heterocycles. The van der Waals surface area contributed by atoms with Gasteiger partial charge in [-0.3, -0.25) is 4.31 Å². The summed E-state index contributed by atoms with van der Waals surface area (Å²) >= 11 is 0. The van der Waals surface area contributed by atoms with Gasteiger partial charge in [-0.15, -0.1) is 0 Å². The van der Waals surface area contributed by atoms with Gasteiger partial charge in [-0.25, -0.2) is 8.42 Å². The number of rotatable bonds is 4. The first-order valence-electron chi connectivity index (χ1n) is 6.12. The second-order valence-electron chi connectivity index (χ2n) is 4.78. The monoisotopic (exact) mass is 269 g/mol. The SMILES string of the molecule is COCCS(=O)(=O)N1CC(C)Cc2ccccc21. The van der Waals surface area contributed by atoms with E-state index in [1.54, 1.807) is 0 Å². The number of hydrogen-bond donors (Lipinski definition) is 0. The molecule has 1 aromatic rings. The van der Waals surface area contributed by atoms with E-state index < -0.39 is 10.0 Å². The molecule has 0 fully saturated rings. The topological polar surface area (TPSA) is 46.6 Å². The van der Waals surface area contributed by atoms with Crippen LogP contribution in [0.15, 0.2) is 24.3 Å². The van der Waals surface area contributed by atoms with Crippen LogP contribution in [-0.4, -0.2) is 34.4 Å². The third kappa shape index (κ3) is 2.67. The van der Waals surface area contributed by atoms with Crippen molar-refractivity contribution in [1.29, 1.82) is 0 Å². The quantitative estimate of drug-likeness (QED) is 0.835. The van der Waals surface area contributed by atoms with E-state index in [2.05, 4.69) is 6.92 Å². The van der Waals surface area contributed by atoms with Crippen LogP contribution in [0.3, 0.4) is 0 Å². The zero-order chi connectivity index (χ0) is 13.2. The van der Waals surface area contributed by atoms with Crippen LogP contribution in [0.25, 0.3) is 0 Å². The van der Waals surface area contributed by atoms with Gasteiger partial charge in [0.1, 0.15) is 0 Å². The van der Waals surface area contributed by atoms with Crippen molar-refractivity contribution in [2.24, 2.45) is 5.92 Å². The highest BCUT2D eigenvalue weighted by Crippen LogP contribution is 2.31. The van der Waals surface area contributed by atoms with Gasteiger partial charge in [-0.1, -0.05) is 25.1 Å². The maximum atomic E-state index is 12.3. The second kappa shape index (κ2) is 5.28. The largest absolute Gasteiger partial charge is 0.384 e. The molecule has 0 bridgehead atoms. The average molecular weight is 269 g/mol. The van der Waals surface area contributed by atoms with E-state index in [1.165, 1.54) is 11.4 Å². The van der Waals surface area contributed by atoms with Gasteiger partial charge in [0.2, 0.25) is 10.0 Å². The van der Waals surface area contributed by atoms with Gasteiger partial charge >= 0.3 is 0 Å². The number of ether oxygens (including phenoxy) is 1. The molecule has 100 valence electrons. The lowest BCUT2D eigenvalue weighted by Crippen LogP contribution is -2.41. The Morgan fingerprint density at radius 1 is 1.39 bits per heavy atom. The molecule has 18 heavy (non-hydrogen) atoms. The van der Waals surface area contributed by atoms with Crippen LogP contribution in [0.1, 0.15) is 12.5 Å². The molecule has 2 rings (SSSR count). The first-order valence-corrected chi connectivity index (χ1v) is 7.73. The lowest BCUT2D eigenvalue weighted by Gasteiger charge is -2.33. The highest BCUT2D eigenvalue weighted by molar-refractivity contribution is 7.92. The Labute approximate surface area is 109 Å². The van der Waals surface area contributed by atoms with E-state index in [-0.39, 0.29) is 12.4 Å². The van der Waals surface area contributed by atoms with Crippen molar-refractivity contribution in [3.63, 3.8) is 0 Å². The number of benzene rings is 1. The molecule has 5 heteroatoms. The minimum Gasteiger partial charge on any atom is -0.384 e. The van der Waals surface area contributed by atoms with Crippen molar-refractivity contribution in [3.05, 3.63) is 29.8 Å². The molecule has 0 N–H and O–H groups in total. The number of nitrogens with zero attached hydrogens (tertiary/aromatic N) is 1. The number of sulfonamides is 1. The number of methoxy groups -OCH3 is 1. The predicted octanol–water partition coefficient (Wildman–Crippen LogP) is 1.66. The summed E-state index contributed by atoms with van der Waals surface area (Å²) in [7, 11) is -1.77. The smallest absolute Gasteiger partial charge is 0.237 e. The first-order chi connectivity index (χ1) is 8.54. The van der Waals surface area contributed by atoms with Crippen molar-refractivity contribution in [2.75, 3.05) is 30.3 Å². The fourth-order valence-corrected chi connectivity index (χ4v) is 3.87. The molecule has 4 nitrogen and oxygen atoms in total. The molecule has 0 aromatic heterocycles. The zero-order valence-corrected chi connectivity index (χ0v) is 11.6. The van der Waals surface area contributed by atoms with Crippen molar-refractivity contribution < 1.29 is 13.2 Å². The zero-order valence-electron chi connectivity index (χ0n) is 10.8. The highest BCUT2D eigenvalue weighted by atomic mass is 32.2. The summed E-state index contributed by atoms with van der Waals surface area (Å²) < 4.78 is 31.0. The Kier molecular flexibility index (Phi) is 3.92. The summed E-state index contributed by atoms with van der Waals surface area (Å²) in [6.45, 7) is 2.87. The lowest BCUT2D eigenvalue weighted by atomic mass is 9.96. The van der Waals surface area contributed by atoms with Crippen LogP contribution in [0, 0.1) is 5.92 Å². The van der Waals surface area contributed by atoms with Gasteiger partial charge < -0.3 is 4.74 Å². The van der Waals surface area contributed by atoms with Gasteiger partial charge in [0.15, 0.2) is 0 Å². The minimum atomic E-state index is -3.28. The van der Waals surface area contributed by atoms with Gasteiger partial charge in [0, 0.05) is 13.7 Å². The molecule has 0 radical (unpaired) electrons. The van der Waals surface area contributed by atoms with E-state index >= 15 is 0 Å². The van der Waals surface area contributed by atoms with Gasteiger partial charge in [-0.2, -0.15) is 0 Å². The van der Waals surface area contributed by atoms with Crippen LogP contribution in [0.4, 0.5) is 5.69 Å². The highest BCUT2D eigenvalue weighted by Gasteiger charge is 2.29. The lowest BCUT2D eigenvalue weighted by molar-refractivity contribution is 0.217. The molecule has 1 unspecified atom stereocenters. The van der Waals surface area contributed by atoms with Crippen LogP contribution < -0.4 is 4.31 Å². The molecule has 0 amide bonds. The Hall–Kier alpha value is -1.07. The second-order valence-corrected chi connectivity index (χ2v) is 6.79. The molecule has 1 aromatic carbocycles. The molecule has 1 aliphatic heterocycles.